The maximum atomic E-state index is 11.8. The maximum absolute atomic E-state index is 11.8. The number of hydrogen-bond donors (Lipinski definition) is 3. The fourth-order valence-corrected chi connectivity index (χ4v) is 0.965. The van der Waals surface area contributed by atoms with Gasteiger partial charge in [0, 0.05) is 6.85 Å². The van der Waals surface area contributed by atoms with Crippen LogP contribution in [0.5, 0.6) is 11.5 Å². The van der Waals surface area contributed by atoms with Gasteiger partial charge in [-0.2, -0.15) is 0 Å². The summed E-state index contributed by atoms with van der Waals surface area (Å²) in [6.45, 7) is -6.61. The zero-order valence-electron chi connectivity index (χ0n) is 15.1. The van der Waals surface area contributed by atoms with Crippen molar-refractivity contribution in [3.8, 4) is 11.5 Å². The van der Waals surface area contributed by atoms with Gasteiger partial charge >= 0.3 is 5.97 Å². The van der Waals surface area contributed by atoms with Crippen molar-refractivity contribution in [2.45, 2.75) is 19.3 Å². The Kier molecular flexibility index (Phi) is 1.86. The Morgan fingerprint density at radius 1 is 1.62 bits per heavy atom. The molecule has 0 saturated carbocycles. The fourth-order valence-electron chi connectivity index (χ4n) is 0.965. The zero-order valence-corrected chi connectivity index (χ0v) is 8.10. The second-order valence-electron chi connectivity index (χ2n) is 2.85. The lowest BCUT2D eigenvalue weighted by Gasteiger charge is -2.10. The molecule has 0 bridgehead atoms. The van der Waals surface area contributed by atoms with Crippen LogP contribution in [0.4, 0.5) is 0 Å². The first-order valence-electron chi connectivity index (χ1n) is 7.71. The second kappa shape index (κ2) is 5.37. The van der Waals surface area contributed by atoms with Crippen LogP contribution < -0.4 is 5.73 Å². The minimum Gasteiger partial charge on any atom is -0.504 e. The monoisotopic (exact) mass is 232 g/mol. The molecule has 5 heteroatoms. The van der Waals surface area contributed by atoms with Crippen molar-refractivity contribution < 1.29 is 29.3 Å². The number of benzene rings is 1. The van der Waals surface area contributed by atoms with Crippen LogP contribution in [0.2, 0.25) is 0 Å². The van der Waals surface area contributed by atoms with Crippen LogP contribution in [0.1, 0.15) is 22.0 Å². The summed E-state index contributed by atoms with van der Waals surface area (Å²) in [7, 11) is 0. The van der Waals surface area contributed by atoms with Gasteiger partial charge in [-0.15, -0.1) is 0 Å². The van der Waals surface area contributed by atoms with Gasteiger partial charge in [-0.3, -0.25) is 4.79 Å². The molecule has 1 rings (SSSR count). The first-order valence-corrected chi connectivity index (χ1v) is 4.21. The molecule has 1 atom stereocenters. The Morgan fingerprint density at radius 3 is 3.00 bits per heavy atom. The maximum Gasteiger partial charge on any atom is 0.323 e. The zero-order chi connectivity index (χ0) is 18.2. The van der Waals surface area contributed by atoms with Crippen molar-refractivity contribution in [2.24, 2.45) is 5.73 Å². The summed E-state index contributed by atoms with van der Waals surface area (Å²) in [5.41, 5.74) is 5.14. The lowest BCUT2D eigenvalue weighted by Crippen LogP contribution is -2.34. The molecule has 1 unspecified atom stereocenters. The van der Waals surface area contributed by atoms with Crippen LogP contribution in [0.25, 0.3) is 0 Å². The van der Waals surface area contributed by atoms with Crippen LogP contribution >= 0.6 is 0 Å². The number of carbonyl (C=O) groups excluding carboxylic acids is 1. The quantitative estimate of drug-likeness (QED) is 0.520. The lowest BCUT2D eigenvalue weighted by atomic mass is 10.1. The van der Waals surface area contributed by atoms with Crippen molar-refractivity contribution in [3.05, 3.63) is 23.8 Å². The number of carbonyl (C=O) groups is 1. The van der Waals surface area contributed by atoms with Gasteiger partial charge in [0.2, 0.25) is 0 Å². The molecule has 5 nitrogen and oxygen atoms in total. The molecule has 4 N–H and O–H groups in total. The van der Waals surface area contributed by atoms with E-state index in [1.165, 1.54) is 0 Å². The minimum absolute atomic E-state index is 0.285. The van der Waals surface area contributed by atoms with Crippen molar-refractivity contribution in [1.29, 1.82) is 0 Å². The van der Waals surface area contributed by atoms with E-state index >= 15 is 0 Å². The van der Waals surface area contributed by atoms with E-state index in [0.29, 0.717) is 0 Å². The lowest BCUT2D eigenvalue weighted by molar-refractivity contribution is -0.144. The molecule has 88 valence electrons. The smallest absolute Gasteiger partial charge is 0.323 e. The second-order valence-corrected chi connectivity index (χ2v) is 2.85. The highest BCUT2D eigenvalue weighted by Gasteiger charge is 2.15. The molecule has 0 aromatic heterocycles. The minimum atomic E-state index is -3.34. The normalized spacial score (nSPS) is 21.2. The van der Waals surface area contributed by atoms with Crippen molar-refractivity contribution >= 4 is 5.97 Å². The molecule has 0 aliphatic rings. The van der Waals surface area contributed by atoms with E-state index in [9.17, 15) is 15.0 Å². The molecule has 1 aromatic carbocycles. The van der Waals surface area contributed by atoms with Crippen LogP contribution in [0, 0.1) is 0 Å². The highest BCUT2D eigenvalue weighted by Crippen LogP contribution is 2.25. The molecule has 0 fully saturated rings. The topological polar surface area (TPSA) is 92.8 Å². The summed E-state index contributed by atoms with van der Waals surface area (Å²) in [6, 6.07) is 0.799. The predicted molar refractivity (Wildman–Crippen MR) is 58.1 cm³/mol. The molecule has 0 spiro atoms. The van der Waals surface area contributed by atoms with E-state index in [1.807, 2.05) is 0 Å². The molecule has 0 aliphatic carbocycles. The molecule has 0 heterocycles. The summed E-state index contributed by atoms with van der Waals surface area (Å²) >= 11 is 0. The first kappa shape index (κ1) is 5.54. The number of rotatable bonds is 4. The highest BCUT2D eigenvalue weighted by molar-refractivity contribution is 5.75. The molecular weight excluding hydrogens is 210 g/mol. The Bertz CT molecular complexity index is 603. The summed E-state index contributed by atoms with van der Waals surface area (Å²) in [5.74, 6) is -2.77. The van der Waals surface area contributed by atoms with Crippen LogP contribution in [0.3, 0.4) is 0 Å². The average Bonchev–Trinajstić information content (AvgIpc) is 2.38. The van der Waals surface area contributed by atoms with E-state index < -0.39 is 43.3 Å². The molecule has 16 heavy (non-hydrogen) atoms. The molecule has 0 saturated heterocycles. The number of ether oxygens (including phenoxy) is 1. The first-order chi connectivity index (χ1) is 10.2. The van der Waals surface area contributed by atoms with Crippen LogP contribution in [-0.4, -0.2) is 28.8 Å². The number of phenolic OH excluding ortho intramolecular Hbond substituents is 2. The third-order valence-electron chi connectivity index (χ3n) is 1.70. The predicted octanol–water partition coefficient (Wildman–Crippen LogP) is 0.531. The van der Waals surface area contributed by atoms with E-state index in [2.05, 4.69) is 4.74 Å². The van der Waals surface area contributed by atoms with Gasteiger partial charge in [-0.05, 0) is 30.9 Å². The standard InChI is InChI=1S/C11H15NO4/c1-2-16-11(15)8(12)5-7-3-4-9(13)10(14)6-7/h3-4,6,8,13-14H,2,5,12H2,1H3/i1D3,2D2,5D2. The molecule has 0 amide bonds. The summed E-state index contributed by atoms with van der Waals surface area (Å²) in [4.78, 5) is 11.8. The van der Waals surface area contributed by atoms with Crippen molar-refractivity contribution in [2.75, 3.05) is 6.56 Å². The van der Waals surface area contributed by atoms with Crippen LogP contribution in [-0.2, 0) is 15.9 Å². The van der Waals surface area contributed by atoms with Gasteiger partial charge in [-0.1, -0.05) is 6.07 Å². The highest BCUT2D eigenvalue weighted by atomic mass is 16.5. The Morgan fingerprint density at radius 2 is 2.38 bits per heavy atom. The van der Waals surface area contributed by atoms with E-state index in [-0.39, 0.29) is 5.56 Å². The van der Waals surface area contributed by atoms with Gasteiger partial charge in [0.15, 0.2) is 11.5 Å². The number of nitrogens with two attached hydrogens (primary N) is 1. The number of hydrogen-bond acceptors (Lipinski definition) is 5. The van der Waals surface area contributed by atoms with Crippen LogP contribution in [0.15, 0.2) is 18.2 Å². The Balaban J connectivity index is 3.04. The Labute approximate surface area is 103 Å². The van der Waals surface area contributed by atoms with Gasteiger partial charge in [0.25, 0.3) is 0 Å². The van der Waals surface area contributed by atoms with Gasteiger partial charge in [0.05, 0.1) is 9.30 Å². The van der Waals surface area contributed by atoms with Crippen molar-refractivity contribution in [1.82, 2.24) is 0 Å². The summed E-state index contributed by atoms with van der Waals surface area (Å²) < 4.78 is 55.0. The number of aromatic hydroxyl groups is 2. The van der Waals surface area contributed by atoms with Crippen molar-refractivity contribution in [3.63, 3.8) is 0 Å². The third kappa shape index (κ3) is 3.13. The average molecular weight is 232 g/mol. The Hall–Kier alpha value is -1.75. The largest absolute Gasteiger partial charge is 0.504 e. The van der Waals surface area contributed by atoms with Gasteiger partial charge in [-0.25, -0.2) is 0 Å². The molecule has 1 aromatic rings. The number of esters is 1. The summed E-state index contributed by atoms with van der Waals surface area (Å²) in [6.07, 6.45) is -2.62. The van der Waals surface area contributed by atoms with E-state index in [1.54, 1.807) is 0 Å². The molecule has 0 radical (unpaired) electrons. The molecule has 0 aliphatic heterocycles. The summed E-state index contributed by atoms with van der Waals surface area (Å²) in [5, 5.41) is 18.6. The van der Waals surface area contributed by atoms with Gasteiger partial charge < -0.3 is 20.7 Å². The number of phenols is 2. The van der Waals surface area contributed by atoms with Gasteiger partial charge in [0.1, 0.15) is 6.04 Å². The van der Waals surface area contributed by atoms with E-state index in [0.717, 1.165) is 18.2 Å². The fraction of sp³-hybridized carbons (Fsp3) is 0.364. The molecular formula is C11H15NO4. The van der Waals surface area contributed by atoms with E-state index in [4.69, 9.17) is 15.3 Å². The SMILES string of the molecule is [2H]C([2H])(c1ccc(O)c(O)c1)C(N)C(=O)OC([2H])([2H])C([2H])([2H])[2H]. The third-order valence-corrected chi connectivity index (χ3v) is 1.70.